The third-order valence-corrected chi connectivity index (χ3v) is 4.10. The van der Waals surface area contributed by atoms with Gasteiger partial charge in [-0.05, 0) is 37.5 Å². The van der Waals surface area contributed by atoms with Gasteiger partial charge < -0.3 is 10.6 Å². The molecule has 1 aromatic rings. The summed E-state index contributed by atoms with van der Waals surface area (Å²) in [7, 11) is 1.85. The summed E-state index contributed by atoms with van der Waals surface area (Å²) in [5.74, 6) is 0.120. The van der Waals surface area contributed by atoms with Gasteiger partial charge in [-0.25, -0.2) is 0 Å². The molecule has 1 saturated carbocycles. The molecule has 4 heteroatoms. The van der Waals surface area contributed by atoms with Crippen LogP contribution in [0.4, 0.5) is 0 Å². The van der Waals surface area contributed by atoms with Crippen molar-refractivity contribution in [3.05, 3.63) is 30.1 Å². The van der Waals surface area contributed by atoms with Gasteiger partial charge in [0.05, 0.1) is 5.92 Å². The molecule has 1 aliphatic carbocycles. The highest BCUT2D eigenvalue weighted by Crippen LogP contribution is 2.32. The Kier molecular flexibility index (Phi) is 4.20. The first kappa shape index (κ1) is 14.0. The standard InChI is InChI=1S/C15H23N3O/c1-15(16)8-4-3-5-13(15)14(19)18(2)11-12-6-9-17-10-7-12/h6-7,9-10,13H,3-5,8,11,16H2,1-2H3. The molecule has 2 unspecified atom stereocenters. The van der Waals surface area contributed by atoms with Gasteiger partial charge >= 0.3 is 0 Å². The molecular weight excluding hydrogens is 238 g/mol. The van der Waals surface area contributed by atoms with Gasteiger partial charge in [0.25, 0.3) is 0 Å². The van der Waals surface area contributed by atoms with Crippen molar-refractivity contribution >= 4 is 5.91 Å². The number of hydrogen-bond acceptors (Lipinski definition) is 3. The van der Waals surface area contributed by atoms with E-state index in [0.717, 1.165) is 31.2 Å². The summed E-state index contributed by atoms with van der Waals surface area (Å²) >= 11 is 0. The third-order valence-electron chi connectivity index (χ3n) is 4.10. The fourth-order valence-electron chi connectivity index (χ4n) is 2.87. The summed E-state index contributed by atoms with van der Waals surface area (Å²) in [4.78, 5) is 18.3. The van der Waals surface area contributed by atoms with Crippen molar-refractivity contribution in [3.8, 4) is 0 Å². The SMILES string of the molecule is CN(Cc1ccncc1)C(=O)C1CCCCC1(C)N. The number of pyridine rings is 1. The Morgan fingerprint density at radius 1 is 1.47 bits per heavy atom. The Balaban J connectivity index is 2.02. The second kappa shape index (κ2) is 5.70. The van der Waals surface area contributed by atoms with E-state index < -0.39 is 0 Å². The van der Waals surface area contributed by atoms with Crippen LogP contribution in [0.3, 0.4) is 0 Å². The van der Waals surface area contributed by atoms with Crippen LogP contribution >= 0.6 is 0 Å². The third kappa shape index (κ3) is 3.32. The lowest BCUT2D eigenvalue weighted by molar-refractivity contribution is -0.138. The monoisotopic (exact) mass is 261 g/mol. The zero-order valence-electron chi connectivity index (χ0n) is 11.8. The van der Waals surface area contributed by atoms with E-state index in [9.17, 15) is 4.79 Å². The van der Waals surface area contributed by atoms with E-state index in [2.05, 4.69) is 4.98 Å². The average Bonchev–Trinajstić information content (AvgIpc) is 2.38. The number of rotatable bonds is 3. The lowest BCUT2D eigenvalue weighted by Gasteiger charge is -2.39. The summed E-state index contributed by atoms with van der Waals surface area (Å²) in [6, 6.07) is 3.87. The zero-order chi connectivity index (χ0) is 13.9. The molecule has 0 aromatic carbocycles. The van der Waals surface area contributed by atoms with Crippen molar-refractivity contribution in [2.24, 2.45) is 11.7 Å². The Bertz CT molecular complexity index is 430. The normalized spacial score (nSPS) is 27.0. The van der Waals surface area contributed by atoms with E-state index in [1.54, 1.807) is 17.3 Å². The van der Waals surface area contributed by atoms with Crippen LogP contribution in [0.2, 0.25) is 0 Å². The van der Waals surface area contributed by atoms with Crippen LogP contribution in [-0.2, 0) is 11.3 Å². The fourth-order valence-corrected chi connectivity index (χ4v) is 2.87. The van der Waals surface area contributed by atoms with Crippen LogP contribution in [0.25, 0.3) is 0 Å². The highest BCUT2D eigenvalue weighted by Gasteiger charge is 2.38. The van der Waals surface area contributed by atoms with Gasteiger partial charge in [-0.1, -0.05) is 12.8 Å². The summed E-state index contributed by atoms with van der Waals surface area (Å²) in [6.07, 6.45) is 7.58. The molecule has 4 nitrogen and oxygen atoms in total. The Labute approximate surface area is 115 Å². The smallest absolute Gasteiger partial charge is 0.227 e. The molecule has 0 radical (unpaired) electrons. The molecule has 2 atom stereocenters. The number of carbonyl (C=O) groups excluding carboxylic acids is 1. The van der Waals surface area contributed by atoms with E-state index >= 15 is 0 Å². The van der Waals surface area contributed by atoms with E-state index in [4.69, 9.17) is 5.73 Å². The molecule has 1 aliphatic rings. The lowest BCUT2D eigenvalue weighted by atomic mass is 9.74. The minimum Gasteiger partial charge on any atom is -0.341 e. The molecule has 2 N–H and O–H groups in total. The molecule has 0 bridgehead atoms. The summed E-state index contributed by atoms with van der Waals surface area (Å²) in [5.41, 5.74) is 7.03. The second-order valence-electron chi connectivity index (χ2n) is 5.85. The summed E-state index contributed by atoms with van der Waals surface area (Å²) in [6.45, 7) is 2.63. The van der Waals surface area contributed by atoms with Gasteiger partial charge in [0.15, 0.2) is 0 Å². The van der Waals surface area contributed by atoms with Gasteiger partial charge in [-0.2, -0.15) is 0 Å². The van der Waals surface area contributed by atoms with Crippen molar-refractivity contribution < 1.29 is 4.79 Å². The minimum atomic E-state index is -0.359. The van der Waals surface area contributed by atoms with Crippen molar-refractivity contribution in [3.63, 3.8) is 0 Å². The fraction of sp³-hybridized carbons (Fsp3) is 0.600. The molecule has 1 fully saturated rings. The van der Waals surface area contributed by atoms with Crippen LogP contribution in [0.15, 0.2) is 24.5 Å². The Morgan fingerprint density at radius 2 is 2.16 bits per heavy atom. The predicted molar refractivity (Wildman–Crippen MR) is 75.3 cm³/mol. The van der Waals surface area contributed by atoms with Crippen molar-refractivity contribution in [1.82, 2.24) is 9.88 Å². The van der Waals surface area contributed by atoms with Crippen LogP contribution in [-0.4, -0.2) is 28.4 Å². The molecule has 0 saturated heterocycles. The molecule has 0 spiro atoms. The van der Waals surface area contributed by atoms with Crippen LogP contribution in [0.5, 0.6) is 0 Å². The summed E-state index contributed by atoms with van der Waals surface area (Å²) in [5, 5.41) is 0. The van der Waals surface area contributed by atoms with Gasteiger partial charge in [-0.3, -0.25) is 9.78 Å². The molecule has 2 rings (SSSR count). The first-order valence-electron chi connectivity index (χ1n) is 6.93. The maximum absolute atomic E-state index is 12.5. The zero-order valence-corrected chi connectivity index (χ0v) is 11.8. The number of hydrogen-bond donors (Lipinski definition) is 1. The van der Waals surface area contributed by atoms with Crippen molar-refractivity contribution in [1.29, 1.82) is 0 Å². The molecule has 1 aromatic heterocycles. The Morgan fingerprint density at radius 3 is 2.79 bits per heavy atom. The number of aromatic nitrogens is 1. The minimum absolute atomic E-state index is 0.0481. The Hall–Kier alpha value is -1.42. The largest absolute Gasteiger partial charge is 0.341 e. The molecule has 1 heterocycles. The van der Waals surface area contributed by atoms with Gasteiger partial charge in [0.1, 0.15) is 0 Å². The molecule has 0 aliphatic heterocycles. The number of nitrogens with two attached hydrogens (primary N) is 1. The van der Waals surface area contributed by atoms with E-state index in [-0.39, 0.29) is 17.4 Å². The molecule has 1 amide bonds. The van der Waals surface area contributed by atoms with Crippen LogP contribution in [0.1, 0.15) is 38.2 Å². The van der Waals surface area contributed by atoms with Crippen molar-refractivity contribution in [2.75, 3.05) is 7.05 Å². The van der Waals surface area contributed by atoms with E-state index in [1.165, 1.54) is 0 Å². The first-order valence-corrected chi connectivity index (χ1v) is 6.93. The average molecular weight is 261 g/mol. The topological polar surface area (TPSA) is 59.2 Å². The molecule has 19 heavy (non-hydrogen) atoms. The van der Waals surface area contributed by atoms with Crippen LogP contribution in [0, 0.1) is 5.92 Å². The van der Waals surface area contributed by atoms with Gasteiger partial charge in [-0.15, -0.1) is 0 Å². The highest BCUT2D eigenvalue weighted by atomic mass is 16.2. The number of nitrogens with zero attached hydrogens (tertiary/aromatic N) is 2. The van der Waals surface area contributed by atoms with Gasteiger partial charge in [0, 0.05) is 31.5 Å². The second-order valence-corrected chi connectivity index (χ2v) is 5.85. The van der Waals surface area contributed by atoms with E-state index in [0.29, 0.717) is 6.54 Å². The quantitative estimate of drug-likeness (QED) is 0.904. The lowest BCUT2D eigenvalue weighted by Crippen LogP contribution is -2.53. The van der Waals surface area contributed by atoms with E-state index in [1.807, 2.05) is 26.1 Å². The predicted octanol–water partition coefficient (Wildman–Crippen LogP) is 1.95. The maximum atomic E-state index is 12.5. The molecule has 104 valence electrons. The van der Waals surface area contributed by atoms with Crippen molar-refractivity contribution in [2.45, 2.75) is 44.7 Å². The maximum Gasteiger partial charge on any atom is 0.227 e. The first-order chi connectivity index (χ1) is 9.00. The van der Waals surface area contributed by atoms with Gasteiger partial charge in [0.2, 0.25) is 5.91 Å². The molecular formula is C15H23N3O. The number of carbonyl (C=O) groups is 1. The highest BCUT2D eigenvalue weighted by molar-refractivity contribution is 5.80. The summed E-state index contributed by atoms with van der Waals surface area (Å²) < 4.78 is 0. The number of amides is 1. The van der Waals surface area contributed by atoms with Crippen LogP contribution < -0.4 is 5.73 Å².